The number of hydrogen-bond donors (Lipinski definition) is 0. The van der Waals surface area contributed by atoms with Crippen molar-refractivity contribution >= 4 is 5.97 Å². The van der Waals surface area contributed by atoms with E-state index in [4.69, 9.17) is 0 Å². The molecule has 0 radical (unpaired) electrons. The molecule has 0 bridgehead atoms. The normalized spacial score (nSPS) is 12.9. The molecule has 0 amide bonds. The highest BCUT2D eigenvalue weighted by molar-refractivity contribution is 5.89. The summed E-state index contributed by atoms with van der Waals surface area (Å²) in [7, 11) is 0. The molecule has 0 saturated carbocycles. The molecule has 1 rings (SSSR count). The van der Waals surface area contributed by atoms with E-state index < -0.39 is 30.6 Å². The lowest BCUT2D eigenvalue weighted by molar-refractivity contribution is -0.359. The van der Waals surface area contributed by atoms with Crippen LogP contribution in [-0.4, -0.2) is 30.6 Å². The average molecular weight is 402 g/mol. The first-order chi connectivity index (χ1) is 12.4. The minimum Gasteiger partial charge on any atom is -0.455 e. The van der Waals surface area contributed by atoms with E-state index >= 15 is 0 Å². The molecule has 0 saturated heterocycles. The molecule has 9 heteroatoms. The van der Waals surface area contributed by atoms with Crippen LogP contribution in [0.15, 0.2) is 24.3 Å². The van der Waals surface area contributed by atoms with E-state index in [1.165, 1.54) is 12.1 Å². The molecule has 1 aromatic carbocycles. The number of benzene rings is 1. The number of carbonyl (C=O) groups is 1. The summed E-state index contributed by atoms with van der Waals surface area (Å²) >= 11 is 0. The van der Waals surface area contributed by atoms with Crippen molar-refractivity contribution in [3.63, 3.8) is 0 Å². The van der Waals surface area contributed by atoms with Crippen molar-refractivity contribution in [1.82, 2.24) is 0 Å². The van der Waals surface area contributed by atoms with Gasteiger partial charge in [-0.15, -0.1) is 0 Å². The van der Waals surface area contributed by atoms with E-state index in [9.17, 15) is 35.5 Å². The van der Waals surface area contributed by atoms with Crippen LogP contribution in [0.4, 0.5) is 30.7 Å². The van der Waals surface area contributed by atoms with Gasteiger partial charge in [0.25, 0.3) is 0 Å². The molecule has 1 aromatic rings. The maximum atomic E-state index is 13.1. The Hall–Kier alpha value is -1.80. The number of unbranched alkanes of at least 4 members (excludes halogenated alkanes) is 4. The van der Waals surface area contributed by atoms with Crippen molar-refractivity contribution in [2.45, 2.75) is 63.5 Å². The van der Waals surface area contributed by atoms with Crippen LogP contribution in [0.5, 0.6) is 0 Å². The molecule has 0 N–H and O–H groups in total. The molecule has 0 aliphatic heterocycles. The van der Waals surface area contributed by atoms with Crippen LogP contribution < -0.4 is 0 Å². The van der Waals surface area contributed by atoms with Crippen LogP contribution in [0.25, 0.3) is 0 Å². The summed E-state index contributed by atoms with van der Waals surface area (Å²) in [6.45, 7) is -0.282. The Morgan fingerprint density at radius 2 is 1.44 bits per heavy atom. The lowest BCUT2D eigenvalue weighted by Crippen LogP contribution is -2.54. The van der Waals surface area contributed by atoms with Gasteiger partial charge in [-0.25, -0.2) is 4.79 Å². The molecular weight excluding hydrogens is 381 g/mol. The van der Waals surface area contributed by atoms with E-state index in [0.717, 1.165) is 44.1 Å². The first-order valence-electron chi connectivity index (χ1n) is 8.51. The SMILES string of the molecule is CCCCCCCc1ccc(C(=O)OCC(F)(F)C(F)(F)C(F)(F)F)cc1. The average Bonchev–Trinajstić information content (AvgIpc) is 2.59. The predicted molar refractivity (Wildman–Crippen MR) is 85.1 cm³/mol. The molecular formula is C18H21F7O2. The number of carbonyl (C=O) groups excluding carboxylic acids is 1. The molecule has 0 aliphatic carbocycles. The highest BCUT2D eigenvalue weighted by Gasteiger charge is 2.73. The maximum absolute atomic E-state index is 13.1. The van der Waals surface area contributed by atoms with Gasteiger partial charge >= 0.3 is 24.0 Å². The summed E-state index contributed by atoms with van der Waals surface area (Å²) in [4.78, 5) is 11.6. The van der Waals surface area contributed by atoms with Gasteiger partial charge in [-0.2, -0.15) is 30.7 Å². The second kappa shape index (κ2) is 9.41. The van der Waals surface area contributed by atoms with Gasteiger partial charge in [0, 0.05) is 0 Å². The van der Waals surface area contributed by atoms with Crippen molar-refractivity contribution < 1.29 is 40.3 Å². The molecule has 0 spiro atoms. The molecule has 0 aromatic heterocycles. The zero-order valence-corrected chi connectivity index (χ0v) is 14.7. The van der Waals surface area contributed by atoms with E-state index in [2.05, 4.69) is 11.7 Å². The number of rotatable bonds is 10. The van der Waals surface area contributed by atoms with Gasteiger partial charge in [-0.3, -0.25) is 0 Å². The molecule has 2 nitrogen and oxygen atoms in total. The van der Waals surface area contributed by atoms with Gasteiger partial charge < -0.3 is 4.74 Å². The first-order valence-corrected chi connectivity index (χ1v) is 8.51. The predicted octanol–water partition coefficient (Wildman–Crippen LogP) is 6.19. The van der Waals surface area contributed by atoms with Crippen molar-refractivity contribution in [2.75, 3.05) is 6.61 Å². The van der Waals surface area contributed by atoms with Crippen LogP contribution in [0.1, 0.15) is 54.9 Å². The van der Waals surface area contributed by atoms with Gasteiger partial charge in [-0.05, 0) is 30.5 Å². The fourth-order valence-corrected chi connectivity index (χ4v) is 2.28. The van der Waals surface area contributed by atoms with Crippen molar-refractivity contribution in [2.24, 2.45) is 0 Å². The number of hydrogen-bond acceptors (Lipinski definition) is 2. The fourth-order valence-electron chi connectivity index (χ4n) is 2.28. The largest absolute Gasteiger partial charge is 0.460 e. The van der Waals surface area contributed by atoms with Crippen LogP contribution in [0, 0.1) is 0 Å². The minimum atomic E-state index is -6.46. The Bertz CT molecular complexity index is 595. The topological polar surface area (TPSA) is 26.3 Å². The molecule has 0 heterocycles. The third kappa shape index (κ3) is 6.39. The third-order valence-corrected chi connectivity index (χ3v) is 3.96. The monoisotopic (exact) mass is 402 g/mol. The molecule has 0 unspecified atom stereocenters. The Morgan fingerprint density at radius 3 is 1.96 bits per heavy atom. The summed E-state index contributed by atoms with van der Waals surface area (Å²) in [5.74, 6) is -13.3. The Morgan fingerprint density at radius 1 is 0.889 bits per heavy atom. The summed E-state index contributed by atoms with van der Waals surface area (Å²) in [5.41, 5.74) is 0.674. The Kier molecular flexibility index (Phi) is 8.10. The number of halogens is 7. The first kappa shape index (κ1) is 23.2. The lowest BCUT2D eigenvalue weighted by Gasteiger charge is -2.27. The zero-order chi connectivity index (χ0) is 20.7. The summed E-state index contributed by atoms with van der Waals surface area (Å²) in [6.07, 6.45) is -0.371. The Labute approximate surface area is 152 Å². The Balaban J connectivity index is 2.58. The number of esters is 1. The number of alkyl halides is 7. The van der Waals surface area contributed by atoms with Crippen LogP contribution in [0.3, 0.4) is 0 Å². The highest BCUT2D eigenvalue weighted by Crippen LogP contribution is 2.46. The molecule has 0 fully saturated rings. The smallest absolute Gasteiger partial charge is 0.455 e. The van der Waals surface area contributed by atoms with Crippen LogP contribution in [0.2, 0.25) is 0 Å². The summed E-state index contributed by atoms with van der Waals surface area (Å²) in [6, 6.07) is 5.62. The van der Waals surface area contributed by atoms with Crippen molar-refractivity contribution in [3.05, 3.63) is 35.4 Å². The van der Waals surface area contributed by atoms with E-state index in [0.29, 0.717) is 0 Å². The van der Waals surface area contributed by atoms with Crippen molar-refractivity contribution in [1.29, 1.82) is 0 Å². The quantitative estimate of drug-likeness (QED) is 0.265. The highest BCUT2D eigenvalue weighted by atomic mass is 19.4. The van der Waals surface area contributed by atoms with Crippen LogP contribution in [-0.2, 0) is 11.2 Å². The molecule has 0 atom stereocenters. The zero-order valence-electron chi connectivity index (χ0n) is 14.7. The summed E-state index contributed by atoms with van der Waals surface area (Å²) in [5, 5.41) is 0. The minimum absolute atomic E-state index is 0.212. The third-order valence-electron chi connectivity index (χ3n) is 3.96. The van der Waals surface area contributed by atoms with Crippen molar-refractivity contribution in [3.8, 4) is 0 Å². The van der Waals surface area contributed by atoms with Gasteiger partial charge in [0.1, 0.15) is 0 Å². The van der Waals surface area contributed by atoms with E-state index in [1.807, 2.05) is 0 Å². The van der Waals surface area contributed by atoms with Gasteiger partial charge in [-0.1, -0.05) is 44.7 Å². The standard InChI is InChI=1S/C18H21F7O2/c1-2-3-4-5-6-7-13-8-10-14(11-9-13)15(26)27-12-16(19,20)17(21,22)18(23,24)25/h8-11H,2-7,12H2,1H3. The van der Waals surface area contributed by atoms with Gasteiger partial charge in [0.15, 0.2) is 6.61 Å². The van der Waals surface area contributed by atoms with Crippen LogP contribution >= 0.6 is 0 Å². The molecule has 154 valence electrons. The van der Waals surface area contributed by atoms with E-state index in [1.54, 1.807) is 12.1 Å². The number of aryl methyl sites for hydroxylation is 1. The maximum Gasteiger partial charge on any atom is 0.460 e. The summed E-state index contributed by atoms with van der Waals surface area (Å²) < 4.78 is 91.8. The second-order valence-electron chi connectivity index (χ2n) is 6.21. The van der Waals surface area contributed by atoms with Gasteiger partial charge in [0.2, 0.25) is 0 Å². The number of ether oxygens (including phenoxy) is 1. The molecule has 0 aliphatic rings. The molecule has 27 heavy (non-hydrogen) atoms. The fraction of sp³-hybridized carbons (Fsp3) is 0.611. The second-order valence-corrected chi connectivity index (χ2v) is 6.21. The lowest BCUT2D eigenvalue weighted by atomic mass is 10.0. The van der Waals surface area contributed by atoms with E-state index in [-0.39, 0.29) is 5.56 Å². The van der Waals surface area contributed by atoms with Gasteiger partial charge in [0.05, 0.1) is 5.56 Å².